The summed E-state index contributed by atoms with van der Waals surface area (Å²) in [4.78, 5) is 0. The molecule has 0 amide bonds. The van der Waals surface area contributed by atoms with E-state index in [1.807, 2.05) is 31.3 Å². The van der Waals surface area contributed by atoms with Crippen molar-refractivity contribution in [2.24, 2.45) is 5.73 Å². The largest absolute Gasteiger partial charge is 0.464 e. The molecular weight excluding hydrogens is 176 g/mol. The van der Waals surface area contributed by atoms with E-state index in [4.69, 9.17) is 10.2 Å². The second-order valence-electron chi connectivity index (χ2n) is 3.35. The van der Waals surface area contributed by atoms with Crippen LogP contribution in [-0.4, -0.2) is 13.6 Å². The standard InChI is InChI=1S/C11H14N2O/c1-13-6-10(12)9-7-14-11-5-3-2-4-8(9)11/h2-5,7,10,13H,6,12H2,1H3. The predicted octanol–water partition coefficient (Wildman–Crippen LogP) is 1.65. The van der Waals surface area contributed by atoms with Crippen molar-refractivity contribution in [2.45, 2.75) is 6.04 Å². The third-order valence-corrected chi connectivity index (χ3v) is 2.33. The van der Waals surface area contributed by atoms with Gasteiger partial charge in [-0.15, -0.1) is 0 Å². The van der Waals surface area contributed by atoms with Crippen LogP contribution in [0.2, 0.25) is 0 Å². The van der Waals surface area contributed by atoms with Gasteiger partial charge >= 0.3 is 0 Å². The molecule has 0 fully saturated rings. The molecule has 1 heterocycles. The summed E-state index contributed by atoms with van der Waals surface area (Å²) in [6.45, 7) is 0.753. The Bertz CT molecular complexity index is 422. The molecule has 0 saturated carbocycles. The first-order chi connectivity index (χ1) is 6.83. The van der Waals surface area contributed by atoms with Crippen molar-refractivity contribution in [1.29, 1.82) is 0 Å². The highest BCUT2D eigenvalue weighted by atomic mass is 16.3. The van der Waals surface area contributed by atoms with E-state index in [1.165, 1.54) is 0 Å². The Morgan fingerprint density at radius 2 is 2.21 bits per heavy atom. The quantitative estimate of drug-likeness (QED) is 0.773. The molecule has 14 heavy (non-hydrogen) atoms. The zero-order valence-corrected chi connectivity index (χ0v) is 8.16. The third kappa shape index (κ3) is 1.52. The van der Waals surface area contributed by atoms with Gasteiger partial charge in [-0.2, -0.15) is 0 Å². The van der Waals surface area contributed by atoms with Crippen LogP contribution in [0.25, 0.3) is 11.0 Å². The maximum Gasteiger partial charge on any atom is 0.134 e. The van der Waals surface area contributed by atoms with Crippen molar-refractivity contribution < 1.29 is 4.42 Å². The van der Waals surface area contributed by atoms with Gasteiger partial charge in [0.05, 0.1) is 6.26 Å². The number of para-hydroxylation sites is 1. The van der Waals surface area contributed by atoms with Crippen molar-refractivity contribution >= 4 is 11.0 Å². The number of hydrogen-bond acceptors (Lipinski definition) is 3. The van der Waals surface area contributed by atoms with E-state index in [2.05, 4.69) is 5.32 Å². The highest BCUT2D eigenvalue weighted by molar-refractivity contribution is 5.81. The van der Waals surface area contributed by atoms with Crippen molar-refractivity contribution in [3.05, 3.63) is 36.1 Å². The van der Waals surface area contributed by atoms with Crippen LogP contribution < -0.4 is 11.1 Å². The van der Waals surface area contributed by atoms with Gasteiger partial charge in [-0.1, -0.05) is 18.2 Å². The van der Waals surface area contributed by atoms with Gasteiger partial charge < -0.3 is 15.5 Å². The Kier molecular flexibility index (Phi) is 2.52. The molecule has 0 aliphatic carbocycles. The number of likely N-dealkylation sites (N-methyl/N-ethyl adjacent to an activating group) is 1. The van der Waals surface area contributed by atoms with Crippen molar-refractivity contribution in [2.75, 3.05) is 13.6 Å². The van der Waals surface area contributed by atoms with Crippen molar-refractivity contribution in [1.82, 2.24) is 5.32 Å². The smallest absolute Gasteiger partial charge is 0.134 e. The van der Waals surface area contributed by atoms with Crippen molar-refractivity contribution in [3.8, 4) is 0 Å². The summed E-state index contributed by atoms with van der Waals surface area (Å²) >= 11 is 0. The molecule has 3 heteroatoms. The van der Waals surface area contributed by atoms with E-state index in [0.717, 1.165) is 23.1 Å². The second kappa shape index (κ2) is 3.82. The van der Waals surface area contributed by atoms with Gasteiger partial charge in [-0.3, -0.25) is 0 Å². The molecule has 1 unspecified atom stereocenters. The molecule has 0 aliphatic heterocycles. The number of benzene rings is 1. The number of rotatable bonds is 3. The zero-order chi connectivity index (χ0) is 9.97. The van der Waals surface area contributed by atoms with Crippen LogP contribution in [0.15, 0.2) is 34.9 Å². The Balaban J connectivity index is 2.42. The van der Waals surface area contributed by atoms with Crippen LogP contribution in [0.3, 0.4) is 0 Å². The van der Waals surface area contributed by atoms with Crippen LogP contribution >= 0.6 is 0 Å². The highest BCUT2D eigenvalue weighted by Gasteiger charge is 2.11. The third-order valence-electron chi connectivity index (χ3n) is 2.33. The zero-order valence-electron chi connectivity index (χ0n) is 8.16. The molecule has 1 atom stereocenters. The lowest BCUT2D eigenvalue weighted by Gasteiger charge is -2.08. The van der Waals surface area contributed by atoms with E-state index in [1.54, 1.807) is 6.26 Å². The van der Waals surface area contributed by atoms with Crippen LogP contribution in [0.1, 0.15) is 11.6 Å². The molecular formula is C11H14N2O. The molecule has 0 radical (unpaired) electrons. The fraction of sp³-hybridized carbons (Fsp3) is 0.273. The SMILES string of the molecule is CNCC(N)c1coc2ccccc12. The average Bonchev–Trinajstić information content (AvgIpc) is 2.61. The summed E-state index contributed by atoms with van der Waals surface area (Å²) in [5.74, 6) is 0. The molecule has 2 aromatic rings. The lowest BCUT2D eigenvalue weighted by Crippen LogP contribution is -2.23. The van der Waals surface area contributed by atoms with Crippen LogP contribution in [0, 0.1) is 0 Å². The minimum Gasteiger partial charge on any atom is -0.464 e. The average molecular weight is 190 g/mol. The van der Waals surface area contributed by atoms with E-state index < -0.39 is 0 Å². The van der Waals surface area contributed by atoms with E-state index in [-0.39, 0.29) is 6.04 Å². The Morgan fingerprint density at radius 3 is 3.00 bits per heavy atom. The fourth-order valence-corrected chi connectivity index (χ4v) is 1.62. The predicted molar refractivity (Wildman–Crippen MR) is 57.1 cm³/mol. The molecule has 2 rings (SSSR count). The highest BCUT2D eigenvalue weighted by Crippen LogP contribution is 2.24. The molecule has 74 valence electrons. The van der Waals surface area contributed by atoms with Gasteiger partial charge in [0.25, 0.3) is 0 Å². The van der Waals surface area contributed by atoms with Gasteiger partial charge in [-0.25, -0.2) is 0 Å². The lowest BCUT2D eigenvalue weighted by atomic mass is 10.1. The topological polar surface area (TPSA) is 51.2 Å². The summed E-state index contributed by atoms with van der Waals surface area (Å²) in [6.07, 6.45) is 1.74. The van der Waals surface area contributed by atoms with Crippen molar-refractivity contribution in [3.63, 3.8) is 0 Å². The van der Waals surface area contributed by atoms with Gasteiger partial charge in [-0.05, 0) is 13.1 Å². The van der Waals surface area contributed by atoms with Crippen LogP contribution in [0.4, 0.5) is 0 Å². The number of furan rings is 1. The number of nitrogens with one attached hydrogen (secondary N) is 1. The summed E-state index contributed by atoms with van der Waals surface area (Å²) in [6, 6.07) is 7.92. The lowest BCUT2D eigenvalue weighted by molar-refractivity contribution is 0.591. The number of hydrogen-bond donors (Lipinski definition) is 2. The van der Waals surface area contributed by atoms with Gasteiger partial charge in [0.1, 0.15) is 5.58 Å². The molecule has 0 spiro atoms. The molecule has 3 N–H and O–H groups in total. The summed E-state index contributed by atoms with van der Waals surface area (Å²) in [5, 5.41) is 4.16. The van der Waals surface area contributed by atoms with Crippen LogP contribution in [0.5, 0.6) is 0 Å². The minimum absolute atomic E-state index is 0.0105. The van der Waals surface area contributed by atoms with Gasteiger partial charge in [0.15, 0.2) is 0 Å². The molecule has 0 aliphatic rings. The summed E-state index contributed by atoms with van der Waals surface area (Å²) in [5.41, 5.74) is 7.96. The maximum atomic E-state index is 5.99. The fourth-order valence-electron chi connectivity index (χ4n) is 1.62. The normalized spacial score (nSPS) is 13.3. The Labute approximate surface area is 82.9 Å². The van der Waals surface area contributed by atoms with Gasteiger partial charge in [0.2, 0.25) is 0 Å². The molecule has 1 aromatic carbocycles. The first-order valence-corrected chi connectivity index (χ1v) is 4.69. The molecule has 1 aromatic heterocycles. The van der Waals surface area contributed by atoms with E-state index >= 15 is 0 Å². The number of nitrogens with two attached hydrogens (primary N) is 1. The van der Waals surface area contributed by atoms with Crippen LogP contribution in [-0.2, 0) is 0 Å². The first kappa shape index (κ1) is 9.24. The maximum absolute atomic E-state index is 5.99. The first-order valence-electron chi connectivity index (χ1n) is 4.69. The molecule has 0 bridgehead atoms. The molecule has 0 saturated heterocycles. The molecule has 3 nitrogen and oxygen atoms in total. The number of fused-ring (bicyclic) bond motifs is 1. The van der Waals surface area contributed by atoms with Gasteiger partial charge in [0, 0.05) is 23.5 Å². The second-order valence-corrected chi connectivity index (χ2v) is 3.35. The summed E-state index contributed by atoms with van der Waals surface area (Å²) in [7, 11) is 1.89. The minimum atomic E-state index is -0.0105. The summed E-state index contributed by atoms with van der Waals surface area (Å²) < 4.78 is 5.41. The van der Waals surface area contributed by atoms with E-state index in [9.17, 15) is 0 Å². The Hall–Kier alpha value is -1.32. The van der Waals surface area contributed by atoms with E-state index in [0.29, 0.717) is 0 Å². The monoisotopic (exact) mass is 190 g/mol. The Morgan fingerprint density at radius 1 is 1.43 bits per heavy atom.